The first-order valence-corrected chi connectivity index (χ1v) is 15.6. The van der Waals surface area contributed by atoms with Gasteiger partial charge in [-0.05, 0) is 53.5 Å². The Labute approximate surface area is 308 Å². The Bertz CT molecular complexity index is 2490. The normalized spacial score (nSPS) is 13.5. The summed E-state index contributed by atoms with van der Waals surface area (Å²) in [6.45, 7) is -4.34. The van der Waals surface area contributed by atoms with Crippen LogP contribution in [0.4, 0.5) is 13.2 Å². The minimum atomic E-state index is -4.42. The van der Waals surface area contributed by atoms with Crippen molar-refractivity contribution in [3.05, 3.63) is 162 Å². The molecule has 0 spiro atoms. The summed E-state index contributed by atoms with van der Waals surface area (Å²) < 4.78 is 86.6. The molecule has 245 valence electrons. The number of thiophene rings is 1. The van der Waals surface area contributed by atoms with Crippen LogP contribution < -0.4 is 0 Å². The molecular formula is C41H28F3IrN3S-2. The molecule has 0 bridgehead atoms. The summed E-state index contributed by atoms with van der Waals surface area (Å²) >= 11 is 1.30. The van der Waals surface area contributed by atoms with Gasteiger partial charge in [-0.15, -0.1) is 40.8 Å². The molecule has 0 fully saturated rings. The third kappa shape index (κ3) is 7.27. The average Bonchev–Trinajstić information content (AvgIpc) is 3.76. The van der Waals surface area contributed by atoms with Crippen molar-refractivity contribution >= 4 is 32.5 Å². The molecule has 8 heteroatoms. The molecule has 0 unspecified atom stereocenters. The minimum absolute atomic E-state index is 0. The van der Waals surface area contributed by atoms with Gasteiger partial charge >= 0.3 is 6.18 Å². The second-order valence-corrected chi connectivity index (χ2v) is 11.7. The largest absolute Gasteiger partial charge is 0.415 e. The van der Waals surface area contributed by atoms with Gasteiger partial charge in [0.2, 0.25) is 0 Å². The van der Waals surface area contributed by atoms with Crippen molar-refractivity contribution in [1.82, 2.24) is 14.5 Å². The Kier molecular flexibility index (Phi) is 7.88. The topological polar surface area (TPSA) is 30.7 Å². The van der Waals surface area contributed by atoms with E-state index in [1.165, 1.54) is 47.9 Å². The van der Waals surface area contributed by atoms with E-state index in [0.29, 0.717) is 28.0 Å². The van der Waals surface area contributed by atoms with E-state index < -0.39 is 25.4 Å². The van der Waals surface area contributed by atoms with Gasteiger partial charge in [-0.25, -0.2) is 0 Å². The summed E-state index contributed by atoms with van der Waals surface area (Å²) in [5.41, 5.74) is 6.15. The maximum Gasteiger partial charge on any atom is 0.415 e. The zero-order valence-electron chi connectivity index (χ0n) is 31.4. The molecule has 0 N–H and O–H groups in total. The van der Waals surface area contributed by atoms with Crippen molar-refractivity contribution in [2.24, 2.45) is 0 Å². The fraction of sp³-hybridized carbons (Fsp3) is 0.0732. The molecule has 3 nitrogen and oxygen atoms in total. The Hall–Kier alpha value is -4.88. The maximum atomic E-state index is 13.4. The zero-order chi connectivity index (χ0) is 38.3. The maximum absolute atomic E-state index is 13.4. The number of fused-ring (bicyclic) bond motifs is 2. The molecule has 0 amide bonds. The fourth-order valence-corrected chi connectivity index (χ4v) is 6.16. The van der Waals surface area contributed by atoms with Gasteiger partial charge in [0.1, 0.15) is 0 Å². The third-order valence-electron chi connectivity index (χ3n) is 7.71. The van der Waals surface area contributed by atoms with Crippen LogP contribution in [0.5, 0.6) is 0 Å². The molecule has 0 saturated heterocycles. The molecule has 0 aliphatic rings. The van der Waals surface area contributed by atoms with Crippen LogP contribution in [-0.4, -0.2) is 14.5 Å². The van der Waals surface area contributed by atoms with E-state index >= 15 is 0 Å². The van der Waals surface area contributed by atoms with E-state index in [2.05, 4.69) is 28.6 Å². The average molecular weight is 850 g/mol. The van der Waals surface area contributed by atoms with Crippen LogP contribution in [0.1, 0.15) is 24.9 Å². The smallest absolute Gasteiger partial charge is 0.333 e. The number of rotatable bonds is 4. The molecule has 8 aromatic rings. The number of hydrogen-bond acceptors (Lipinski definition) is 3. The summed E-state index contributed by atoms with van der Waals surface area (Å²) in [6.07, 6.45) is -3.12. The van der Waals surface area contributed by atoms with Crippen LogP contribution in [0, 0.1) is 25.2 Å². The number of benzene rings is 5. The van der Waals surface area contributed by atoms with Crippen molar-refractivity contribution in [2.75, 3.05) is 0 Å². The van der Waals surface area contributed by atoms with Gasteiger partial charge in [0.15, 0.2) is 0 Å². The molecule has 0 aliphatic carbocycles. The van der Waals surface area contributed by atoms with Crippen LogP contribution in [0.2, 0.25) is 0 Å². The van der Waals surface area contributed by atoms with E-state index in [-0.39, 0.29) is 31.2 Å². The van der Waals surface area contributed by atoms with E-state index in [9.17, 15) is 13.2 Å². The standard InChI is InChI=1S/C28H16F3N2S.C13H12N.Ir/c29-28(30,31)20-12-15-26-22(16-20)23(17-34-26)27-32-24-8-4-5-9-25(24)33(27)21-13-10-19(11-14-21)18-6-2-1-3-7-18;1-10-3-6-12(7-4-10)13-8-5-11(2)9-14-13;/h1-16H;3-6,8-9H,1-2H3;/q2*-1;/i;1D3,2D3;. The van der Waals surface area contributed by atoms with Gasteiger partial charge in [-0.3, -0.25) is 16.3 Å². The van der Waals surface area contributed by atoms with Crippen LogP contribution in [0.3, 0.4) is 0 Å². The quantitative estimate of drug-likeness (QED) is 0.165. The number of para-hydroxylation sites is 2. The number of nitrogens with zero attached hydrogens (tertiary/aromatic N) is 3. The van der Waals surface area contributed by atoms with Gasteiger partial charge in [0.25, 0.3) is 0 Å². The third-order valence-corrected chi connectivity index (χ3v) is 8.59. The predicted octanol–water partition coefficient (Wildman–Crippen LogP) is 11.6. The fourth-order valence-electron chi connectivity index (χ4n) is 5.34. The van der Waals surface area contributed by atoms with Gasteiger partial charge in [0.05, 0.1) is 16.9 Å². The van der Waals surface area contributed by atoms with Crippen molar-refractivity contribution in [2.45, 2.75) is 19.9 Å². The van der Waals surface area contributed by atoms with E-state index in [0.717, 1.165) is 38.6 Å². The van der Waals surface area contributed by atoms with Crippen molar-refractivity contribution in [3.63, 3.8) is 0 Å². The molecule has 0 saturated carbocycles. The number of aryl methyl sites for hydroxylation is 2. The number of imidazole rings is 1. The Morgan fingerprint density at radius 1 is 0.776 bits per heavy atom. The molecular weight excluding hydrogens is 816 g/mol. The van der Waals surface area contributed by atoms with E-state index in [1.54, 1.807) is 12.1 Å². The van der Waals surface area contributed by atoms with Crippen molar-refractivity contribution in [1.29, 1.82) is 0 Å². The summed E-state index contributed by atoms with van der Waals surface area (Å²) in [6, 6.07) is 40.1. The summed E-state index contributed by atoms with van der Waals surface area (Å²) in [4.78, 5) is 8.89. The predicted molar refractivity (Wildman–Crippen MR) is 189 cm³/mol. The molecule has 49 heavy (non-hydrogen) atoms. The number of aromatic nitrogens is 3. The summed E-state index contributed by atoms with van der Waals surface area (Å²) in [7, 11) is 0. The number of alkyl halides is 3. The van der Waals surface area contributed by atoms with Crippen LogP contribution in [0.25, 0.3) is 60.6 Å². The molecule has 1 radical (unpaired) electrons. The first-order valence-electron chi connectivity index (χ1n) is 17.8. The van der Waals surface area contributed by atoms with Gasteiger partial charge in [-0.1, -0.05) is 107 Å². The first-order chi connectivity index (χ1) is 25.7. The number of pyridine rings is 1. The first kappa shape index (κ1) is 27.0. The molecule has 8 rings (SSSR count). The molecule has 3 aromatic heterocycles. The number of hydrogen-bond donors (Lipinski definition) is 0. The number of halogens is 3. The van der Waals surface area contributed by atoms with E-state index in [1.807, 2.05) is 71.3 Å². The molecule has 0 aliphatic heterocycles. The van der Waals surface area contributed by atoms with E-state index in [4.69, 9.17) is 13.2 Å². The Morgan fingerprint density at radius 2 is 1.51 bits per heavy atom. The van der Waals surface area contributed by atoms with Crippen LogP contribution in [0.15, 0.2) is 134 Å². The van der Waals surface area contributed by atoms with Crippen LogP contribution in [-0.2, 0) is 26.3 Å². The summed E-state index contributed by atoms with van der Waals surface area (Å²) in [5.74, 6) is 0.569. The second-order valence-electron chi connectivity index (χ2n) is 10.9. The van der Waals surface area contributed by atoms with Gasteiger partial charge < -0.3 is 9.55 Å². The van der Waals surface area contributed by atoms with Gasteiger partial charge in [-0.2, -0.15) is 13.2 Å². The molecule has 3 heterocycles. The SMILES string of the molecule is FC(F)(F)c1ccc2s[c-]c(-c3nc4ccccc4n3-c3ccc(-c4ccccc4)cc3)c2c1.[2H]C([2H])([2H])c1c[c-]c(-c2ccc(C([2H])([2H])[2H])cn2)cc1.[Ir]. The minimum Gasteiger partial charge on any atom is -0.333 e. The Morgan fingerprint density at radius 3 is 2.20 bits per heavy atom. The second kappa shape index (κ2) is 14.3. The molecule has 0 atom stereocenters. The van der Waals surface area contributed by atoms with Crippen molar-refractivity contribution in [3.8, 4) is 39.5 Å². The monoisotopic (exact) mass is 850 g/mol. The van der Waals surface area contributed by atoms with Gasteiger partial charge in [0, 0.05) is 45.8 Å². The summed E-state index contributed by atoms with van der Waals surface area (Å²) in [5, 5.41) is 3.71. The van der Waals surface area contributed by atoms with Crippen LogP contribution >= 0.6 is 11.3 Å². The molecule has 5 aromatic carbocycles. The zero-order valence-corrected chi connectivity index (χ0v) is 28.6. The van der Waals surface area contributed by atoms with Crippen molar-refractivity contribution < 1.29 is 41.5 Å². The Balaban J connectivity index is 0.000000211.